The zero-order valence-electron chi connectivity index (χ0n) is 12.2. The lowest BCUT2D eigenvalue weighted by Crippen LogP contribution is -2.27. The van der Waals surface area contributed by atoms with Crippen LogP contribution in [0.1, 0.15) is 12.0 Å². The van der Waals surface area contributed by atoms with Crippen molar-refractivity contribution in [2.75, 3.05) is 33.7 Å². The summed E-state index contributed by atoms with van der Waals surface area (Å²) in [7, 11) is 0.274. The van der Waals surface area contributed by atoms with E-state index in [0.29, 0.717) is 12.1 Å². The third kappa shape index (κ3) is 6.04. The Kier molecular flexibility index (Phi) is 7.15. The molecule has 0 bridgehead atoms. The van der Waals surface area contributed by atoms with Crippen LogP contribution >= 0.6 is 11.6 Å². The standard InChI is InChI=1S/C14H20ClN3O2S/c1-18(2)10-4-9-17-21(19,20)14-7-6-12(5-3-8-16)11-13(14)15/h6-7,11,17H,4,8-10,16H2,1-2H3. The van der Waals surface area contributed by atoms with Gasteiger partial charge in [0.05, 0.1) is 11.6 Å². The molecule has 0 spiro atoms. The Bertz CT molecular complexity index is 633. The summed E-state index contributed by atoms with van der Waals surface area (Å²) in [4.78, 5) is 2.05. The van der Waals surface area contributed by atoms with Gasteiger partial charge in [-0.25, -0.2) is 13.1 Å². The predicted octanol–water partition coefficient (Wildman–Crippen LogP) is 0.880. The molecule has 1 aromatic rings. The lowest BCUT2D eigenvalue weighted by molar-refractivity contribution is 0.400. The number of nitrogens with zero attached hydrogens (tertiary/aromatic N) is 1. The molecular weight excluding hydrogens is 310 g/mol. The highest BCUT2D eigenvalue weighted by Crippen LogP contribution is 2.22. The van der Waals surface area contributed by atoms with Crippen LogP contribution in [0.5, 0.6) is 0 Å². The van der Waals surface area contributed by atoms with Crippen LogP contribution in [0.15, 0.2) is 23.1 Å². The molecule has 5 nitrogen and oxygen atoms in total. The van der Waals surface area contributed by atoms with Crippen molar-refractivity contribution in [3.63, 3.8) is 0 Å². The van der Waals surface area contributed by atoms with E-state index in [2.05, 4.69) is 16.6 Å². The average Bonchev–Trinajstić information content (AvgIpc) is 2.41. The number of sulfonamides is 1. The average molecular weight is 330 g/mol. The first kappa shape index (κ1) is 18.0. The number of hydrogen-bond acceptors (Lipinski definition) is 4. The second-order valence-corrected chi connectivity index (χ2v) is 6.85. The normalized spacial score (nSPS) is 11.3. The van der Waals surface area contributed by atoms with Crippen LogP contribution in [-0.2, 0) is 10.0 Å². The molecule has 0 aliphatic rings. The van der Waals surface area contributed by atoms with Gasteiger partial charge >= 0.3 is 0 Å². The molecule has 0 radical (unpaired) electrons. The maximum absolute atomic E-state index is 12.2. The molecule has 0 aliphatic heterocycles. The fourth-order valence-electron chi connectivity index (χ4n) is 1.63. The van der Waals surface area contributed by atoms with Crippen molar-refractivity contribution in [2.45, 2.75) is 11.3 Å². The topological polar surface area (TPSA) is 75.4 Å². The third-order valence-electron chi connectivity index (χ3n) is 2.63. The quantitative estimate of drug-likeness (QED) is 0.600. The van der Waals surface area contributed by atoms with Crippen molar-refractivity contribution in [2.24, 2.45) is 5.73 Å². The van der Waals surface area contributed by atoms with Gasteiger partial charge in [-0.15, -0.1) is 0 Å². The summed E-state index contributed by atoms with van der Waals surface area (Å²) in [5, 5.41) is 0.152. The van der Waals surface area contributed by atoms with Crippen molar-refractivity contribution in [3.8, 4) is 11.8 Å². The number of nitrogens with one attached hydrogen (secondary N) is 1. The van der Waals surface area contributed by atoms with Gasteiger partial charge in [-0.3, -0.25) is 0 Å². The van der Waals surface area contributed by atoms with E-state index in [1.54, 1.807) is 6.07 Å². The predicted molar refractivity (Wildman–Crippen MR) is 85.7 cm³/mol. The fourth-order valence-corrected chi connectivity index (χ4v) is 3.25. The zero-order chi connectivity index (χ0) is 15.9. The zero-order valence-corrected chi connectivity index (χ0v) is 13.8. The monoisotopic (exact) mass is 329 g/mol. The van der Waals surface area contributed by atoms with Crippen molar-refractivity contribution in [1.29, 1.82) is 0 Å². The van der Waals surface area contributed by atoms with Gasteiger partial charge < -0.3 is 10.6 Å². The van der Waals surface area contributed by atoms with Gasteiger partial charge in [0.25, 0.3) is 0 Å². The van der Waals surface area contributed by atoms with Gasteiger partial charge in [-0.1, -0.05) is 23.4 Å². The van der Waals surface area contributed by atoms with E-state index >= 15 is 0 Å². The minimum absolute atomic E-state index is 0.0623. The van der Waals surface area contributed by atoms with Gasteiger partial charge in [0.15, 0.2) is 0 Å². The maximum atomic E-state index is 12.2. The molecule has 0 heterocycles. The molecule has 1 aromatic carbocycles. The summed E-state index contributed by atoms with van der Waals surface area (Å²) in [6.45, 7) is 1.42. The summed E-state index contributed by atoms with van der Waals surface area (Å²) in [6.07, 6.45) is 0.726. The van der Waals surface area contributed by atoms with E-state index in [1.165, 1.54) is 12.1 Å². The highest BCUT2D eigenvalue weighted by Gasteiger charge is 2.17. The van der Waals surface area contributed by atoms with Crippen LogP contribution in [-0.4, -0.2) is 47.0 Å². The Labute approximate surface area is 131 Å². The molecule has 0 unspecified atom stereocenters. The number of hydrogen-bond donors (Lipinski definition) is 2. The molecule has 0 fully saturated rings. The van der Waals surface area contributed by atoms with Crippen molar-refractivity contribution < 1.29 is 8.42 Å². The SMILES string of the molecule is CN(C)CCCNS(=O)(=O)c1ccc(C#CCN)cc1Cl. The molecule has 0 saturated carbocycles. The van der Waals surface area contributed by atoms with Gasteiger partial charge in [-0.2, -0.15) is 0 Å². The van der Waals surface area contributed by atoms with Gasteiger partial charge in [0.1, 0.15) is 4.90 Å². The van der Waals surface area contributed by atoms with Crippen molar-refractivity contribution in [1.82, 2.24) is 9.62 Å². The van der Waals surface area contributed by atoms with Crippen LogP contribution in [0.2, 0.25) is 5.02 Å². The molecule has 0 atom stereocenters. The van der Waals surface area contributed by atoms with Crippen molar-refractivity contribution in [3.05, 3.63) is 28.8 Å². The first-order valence-corrected chi connectivity index (χ1v) is 8.36. The first-order valence-electron chi connectivity index (χ1n) is 6.49. The lowest BCUT2D eigenvalue weighted by atomic mass is 10.2. The molecule has 0 amide bonds. The smallest absolute Gasteiger partial charge is 0.242 e. The molecule has 0 aliphatic carbocycles. The minimum atomic E-state index is -3.60. The lowest BCUT2D eigenvalue weighted by Gasteiger charge is -2.11. The summed E-state index contributed by atoms with van der Waals surface area (Å²) in [5.41, 5.74) is 5.92. The van der Waals surface area contributed by atoms with Gasteiger partial charge in [0, 0.05) is 12.1 Å². The van der Waals surface area contributed by atoms with E-state index in [4.69, 9.17) is 17.3 Å². The Morgan fingerprint density at radius 3 is 2.67 bits per heavy atom. The Morgan fingerprint density at radius 2 is 2.10 bits per heavy atom. The van der Waals surface area contributed by atoms with E-state index < -0.39 is 10.0 Å². The van der Waals surface area contributed by atoms with Crippen LogP contribution in [0.25, 0.3) is 0 Å². The molecule has 0 aromatic heterocycles. The van der Waals surface area contributed by atoms with Crippen molar-refractivity contribution >= 4 is 21.6 Å². The minimum Gasteiger partial charge on any atom is -0.320 e. The number of rotatable bonds is 6. The van der Waals surface area contributed by atoms with E-state index in [-0.39, 0.29) is 16.5 Å². The van der Waals surface area contributed by atoms with E-state index in [0.717, 1.165) is 13.0 Å². The van der Waals surface area contributed by atoms with E-state index in [9.17, 15) is 8.42 Å². The Balaban J connectivity index is 2.79. The molecule has 0 saturated heterocycles. The largest absolute Gasteiger partial charge is 0.320 e. The number of nitrogens with two attached hydrogens (primary N) is 1. The fraction of sp³-hybridized carbons (Fsp3) is 0.429. The summed E-state index contributed by atoms with van der Waals surface area (Å²) < 4.78 is 26.9. The summed E-state index contributed by atoms with van der Waals surface area (Å²) >= 11 is 6.03. The molecule has 7 heteroatoms. The maximum Gasteiger partial charge on any atom is 0.242 e. The van der Waals surface area contributed by atoms with Crippen LogP contribution in [0, 0.1) is 11.8 Å². The summed E-state index contributed by atoms with van der Waals surface area (Å²) in [6, 6.07) is 4.60. The highest BCUT2D eigenvalue weighted by atomic mass is 35.5. The molecule has 1 rings (SSSR count). The molecule has 116 valence electrons. The number of benzene rings is 1. The highest BCUT2D eigenvalue weighted by molar-refractivity contribution is 7.89. The van der Waals surface area contributed by atoms with E-state index in [1.807, 2.05) is 19.0 Å². The Hall–Kier alpha value is -1.10. The Morgan fingerprint density at radius 1 is 1.38 bits per heavy atom. The second-order valence-electron chi connectivity index (χ2n) is 4.71. The number of halogens is 1. The van der Waals surface area contributed by atoms with Crippen LogP contribution in [0.4, 0.5) is 0 Å². The first-order chi connectivity index (χ1) is 9.86. The van der Waals surface area contributed by atoms with Crippen LogP contribution < -0.4 is 10.5 Å². The van der Waals surface area contributed by atoms with Crippen LogP contribution in [0.3, 0.4) is 0 Å². The summed E-state index contributed by atoms with van der Waals surface area (Å²) in [5.74, 6) is 5.50. The van der Waals surface area contributed by atoms with Gasteiger partial charge in [0.2, 0.25) is 10.0 Å². The molecule has 21 heavy (non-hydrogen) atoms. The van der Waals surface area contributed by atoms with Gasteiger partial charge in [-0.05, 0) is 45.3 Å². The third-order valence-corrected chi connectivity index (χ3v) is 4.57. The second kappa shape index (κ2) is 8.37. The molecule has 3 N–H and O–H groups in total. The molecular formula is C14H20ClN3O2S.